The van der Waals surface area contributed by atoms with Crippen molar-refractivity contribution in [1.29, 1.82) is 0 Å². The molecule has 1 aromatic rings. The molecule has 0 bridgehead atoms. The highest BCUT2D eigenvalue weighted by molar-refractivity contribution is 6.79. The molecule has 24 heavy (non-hydrogen) atoms. The molecule has 0 N–H and O–H groups in total. The molecule has 0 unspecified atom stereocenters. The smallest absolute Gasteiger partial charge is 0.294 e. The third-order valence-corrected chi connectivity index (χ3v) is 9.60. The number of rotatable bonds is 1. The molecule has 5 heteroatoms. The molecular formula is C19H23F3OSi. The zero-order chi connectivity index (χ0) is 18.1. The van der Waals surface area contributed by atoms with Crippen LogP contribution in [0.15, 0.2) is 29.3 Å². The number of ketones is 1. The lowest BCUT2D eigenvalue weighted by Crippen LogP contribution is -2.55. The van der Waals surface area contributed by atoms with Gasteiger partial charge in [-0.15, -0.1) is 0 Å². The van der Waals surface area contributed by atoms with Gasteiger partial charge in [-0.2, -0.15) is 13.2 Å². The standard InChI is InChI=1S/C19H23F3OSi/c1-11-8-16-17(23)14-7-6-13(19(20,21)22)9-15(14)18(16,10-12(11)2)24(3,4)5/h6-7,9,16H,8,10H2,1-5H3/t16-,18-/m0/s1. The van der Waals surface area contributed by atoms with Crippen LogP contribution in [0.1, 0.15) is 48.2 Å². The average molecular weight is 352 g/mol. The minimum absolute atomic E-state index is 0.0352. The van der Waals surface area contributed by atoms with E-state index in [1.54, 1.807) is 0 Å². The number of fused-ring (bicyclic) bond motifs is 3. The van der Waals surface area contributed by atoms with E-state index in [2.05, 4.69) is 26.6 Å². The van der Waals surface area contributed by atoms with E-state index in [0.29, 0.717) is 24.0 Å². The second-order valence-corrected chi connectivity index (χ2v) is 13.7. The maximum Gasteiger partial charge on any atom is 0.416 e. The molecule has 0 heterocycles. The molecule has 1 nitrogen and oxygen atoms in total. The van der Waals surface area contributed by atoms with Gasteiger partial charge in [0.05, 0.1) is 13.6 Å². The number of carbonyl (C=O) groups excluding carboxylic acids is 1. The maximum absolute atomic E-state index is 13.3. The van der Waals surface area contributed by atoms with Gasteiger partial charge < -0.3 is 0 Å². The van der Waals surface area contributed by atoms with Crippen LogP contribution in [0.5, 0.6) is 0 Å². The normalized spacial score (nSPS) is 27.3. The zero-order valence-electron chi connectivity index (χ0n) is 14.8. The fraction of sp³-hybridized carbons (Fsp3) is 0.526. The molecule has 0 aliphatic heterocycles. The summed E-state index contributed by atoms with van der Waals surface area (Å²) in [5.74, 6) is -0.167. The van der Waals surface area contributed by atoms with Crippen molar-refractivity contribution < 1.29 is 18.0 Å². The number of allylic oxidation sites excluding steroid dienone is 2. The molecule has 0 radical (unpaired) electrons. The Morgan fingerprint density at radius 3 is 2.29 bits per heavy atom. The first-order valence-corrected chi connectivity index (χ1v) is 11.8. The zero-order valence-corrected chi connectivity index (χ0v) is 15.8. The van der Waals surface area contributed by atoms with Gasteiger partial charge >= 0.3 is 6.18 Å². The van der Waals surface area contributed by atoms with Gasteiger partial charge in [0.2, 0.25) is 0 Å². The van der Waals surface area contributed by atoms with E-state index in [1.807, 2.05) is 6.92 Å². The monoisotopic (exact) mass is 352 g/mol. The van der Waals surface area contributed by atoms with E-state index >= 15 is 0 Å². The summed E-state index contributed by atoms with van der Waals surface area (Å²) >= 11 is 0. The lowest BCUT2D eigenvalue weighted by molar-refractivity contribution is -0.137. The van der Waals surface area contributed by atoms with Gasteiger partial charge in [-0.1, -0.05) is 36.9 Å². The van der Waals surface area contributed by atoms with E-state index in [-0.39, 0.29) is 11.7 Å². The average Bonchev–Trinajstić information content (AvgIpc) is 2.69. The van der Waals surface area contributed by atoms with Crippen molar-refractivity contribution in [3.63, 3.8) is 0 Å². The summed E-state index contributed by atoms with van der Waals surface area (Å²) in [6.07, 6.45) is -3.00. The van der Waals surface area contributed by atoms with Crippen molar-refractivity contribution >= 4 is 13.9 Å². The van der Waals surface area contributed by atoms with Gasteiger partial charge in [-0.3, -0.25) is 4.79 Å². The first-order valence-electron chi connectivity index (χ1n) is 8.31. The van der Waals surface area contributed by atoms with E-state index in [4.69, 9.17) is 0 Å². The topological polar surface area (TPSA) is 17.1 Å². The fourth-order valence-electron chi connectivity index (χ4n) is 4.63. The van der Waals surface area contributed by atoms with Crippen LogP contribution in [-0.2, 0) is 11.2 Å². The second kappa shape index (κ2) is 5.07. The molecule has 3 rings (SSSR count). The first-order chi connectivity index (χ1) is 10.9. The molecule has 0 spiro atoms. The Kier molecular flexibility index (Phi) is 3.69. The molecular weight excluding hydrogens is 329 g/mol. The largest absolute Gasteiger partial charge is 0.416 e. The van der Waals surface area contributed by atoms with Crippen LogP contribution < -0.4 is 0 Å². The maximum atomic E-state index is 13.3. The van der Waals surface area contributed by atoms with Crippen molar-refractivity contribution in [2.75, 3.05) is 0 Å². The molecule has 2 aliphatic carbocycles. The summed E-state index contributed by atoms with van der Waals surface area (Å²) in [6.45, 7) is 10.6. The minimum Gasteiger partial charge on any atom is -0.294 e. The van der Waals surface area contributed by atoms with Crippen LogP contribution >= 0.6 is 0 Å². The van der Waals surface area contributed by atoms with E-state index < -0.39 is 24.9 Å². The number of alkyl halides is 3. The van der Waals surface area contributed by atoms with Crippen molar-refractivity contribution in [3.8, 4) is 0 Å². The second-order valence-electron chi connectivity index (χ2n) is 8.34. The van der Waals surface area contributed by atoms with Gasteiger partial charge in [0.25, 0.3) is 0 Å². The lowest BCUT2D eigenvalue weighted by atomic mass is 9.75. The SMILES string of the molecule is CC1=C(C)C[C@]2([Si](C)(C)C)c3cc(C(F)(F)F)ccc3C(=O)[C@@H]2C1. The molecule has 0 aromatic heterocycles. The summed E-state index contributed by atoms with van der Waals surface area (Å²) in [4.78, 5) is 13.0. The van der Waals surface area contributed by atoms with Crippen molar-refractivity contribution in [1.82, 2.24) is 0 Å². The number of benzene rings is 1. The Morgan fingerprint density at radius 2 is 1.75 bits per heavy atom. The lowest BCUT2D eigenvalue weighted by Gasteiger charge is -2.49. The fourth-order valence-corrected chi connectivity index (χ4v) is 7.72. The molecule has 2 aliphatic rings. The molecule has 2 atom stereocenters. The van der Waals surface area contributed by atoms with Crippen LogP contribution in [0.25, 0.3) is 0 Å². The predicted molar refractivity (Wildman–Crippen MR) is 91.9 cm³/mol. The Labute approximate surface area is 142 Å². The summed E-state index contributed by atoms with van der Waals surface area (Å²) in [7, 11) is -1.98. The third-order valence-electron chi connectivity index (χ3n) is 6.13. The number of carbonyl (C=O) groups is 1. The van der Waals surface area contributed by atoms with E-state index in [9.17, 15) is 18.0 Å². The van der Waals surface area contributed by atoms with E-state index in [1.165, 1.54) is 23.3 Å². The van der Waals surface area contributed by atoms with Crippen LogP contribution in [0.3, 0.4) is 0 Å². The van der Waals surface area contributed by atoms with Crippen LogP contribution in [0.2, 0.25) is 19.6 Å². The van der Waals surface area contributed by atoms with Gasteiger partial charge in [0, 0.05) is 16.5 Å². The Morgan fingerprint density at radius 1 is 1.12 bits per heavy atom. The highest BCUT2D eigenvalue weighted by Gasteiger charge is 2.60. The quantitative estimate of drug-likeness (QED) is 0.464. The van der Waals surface area contributed by atoms with Crippen LogP contribution in [-0.4, -0.2) is 13.9 Å². The highest BCUT2D eigenvalue weighted by Crippen LogP contribution is 2.57. The minimum atomic E-state index is -4.38. The summed E-state index contributed by atoms with van der Waals surface area (Å²) in [5, 5.41) is -0.426. The third kappa shape index (κ3) is 2.24. The summed E-state index contributed by atoms with van der Waals surface area (Å²) in [5.41, 5.74) is 2.96. The molecule has 1 aromatic carbocycles. The molecule has 0 fully saturated rings. The number of hydrogen-bond donors (Lipinski definition) is 0. The van der Waals surface area contributed by atoms with E-state index in [0.717, 1.165) is 6.07 Å². The number of hydrogen-bond acceptors (Lipinski definition) is 1. The Hall–Kier alpha value is -1.36. The first kappa shape index (κ1) is 17.5. The van der Waals surface area contributed by atoms with Gasteiger partial charge in [0.1, 0.15) is 0 Å². The van der Waals surface area contributed by atoms with Crippen molar-refractivity contribution in [2.45, 2.75) is 57.5 Å². The summed E-state index contributed by atoms with van der Waals surface area (Å²) < 4.78 is 39.8. The Bertz CT molecular complexity index is 755. The molecule has 0 saturated heterocycles. The summed E-state index contributed by atoms with van der Waals surface area (Å²) in [6, 6.07) is 3.73. The Balaban J connectivity index is 2.31. The van der Waals surface area contributed by atoms with Gasteiger partial charge in [-0.05, 0) is 44.4 Å². The highest BCUT2D eigenvalue weighted by atomic mass is 28.3. The van der Waals surface area contributed by atoms with Crippen LogP contribution in [0.4, 0.5) is 13.2 Å². The van der Waals surface area contributed by atoms with Gasteiger partial charge in [0.15, 0.2) is 5.78 Å². The van der Waals surface area contributed by atoms with Crippen molar-refractivity contribution in [2.24, 2.45) is 5.92 Å². The van der Waals surface area contributed by atoms with Crippen molar-refractivity contribution in [3.05, 3.63) is 46.0 Å². The molecule has 130 valence electrons. The number of halogens is 3. The molecule has 0 amide bonds. The van der Waals surface area contributed by atoms with Gasteiger partial charge in [-0.25, -0.2) is 0 Å². The molecule has 0 saturated carbocycles. The number of Topliss-reactive ketones (excluding diaryl/α,β-unsaturated/α-hetero) is 1. The van der Waals surface area contributed by atoms with Crippen LogP contribution in [0, 0.1) is 5.92 Å². The predicted octanol–water partition coefficient (Wildman–Crippen LogP) is 5.76.